The first kappa shape index (κ1) is 19.6. The highest BCUT2D eigenvalue weighted by Gasteiger charge is 2.45. The van der Waals surface area contributed by atoms with E-state index in [4.69, 9.17) is 15.2 Å². The van der Waals surface area contributed by atoms with E-state index >= 15 is 0 Å². The molecular formula is C21H32N4O3. The topological polar surface area (TPSA) is 71.3 Å². The molecule has 7 nitrogen and oxygen atoms in total. The lowest BCUT2D eigenvalue weighted by molar-refractivity contribution is -0.138. The SMILES string of the molecule is NC(=O)C1(N2CCOCC2)CCN(Cc2ccc(N3CCOCC3)cc2)CC1. The van der Waals surface area contributed by atoms with Gasteiger partial charge in [0.1, 0.15) is 5.54 Å². The second-order valence-corrected chi connectivity index (χ2v) is 8.04. The lowest BCUT2D eigenvalue weighted by atomic mass is 9.84. The van der Waals surface area contributed by atoms with E-state index in [9.17, 15) is 4.79 Å². The van der Waals surface area contributed by atoms with E-state index in [2.05, 4.69) is 39.0 Å². The molecule has 7 heteroatoms. The maximum atomic E-state index is 12.3. The van der Waals surface area contributed by atoms with Gasteiger partial charge in [-0.3, -0.25) is 14.6 Å². The largest absolute Gasteiger partial charge is 0.379 e. The van der Waals surface area contributed by atoms with Gasteiger partial charge in [-0.2, -0.15) is 0 Å². The number of amides is 1. The first-order valence-corrected chi connectivity index (χ1v) is 10.4. The molecule has 28 heavy (non-hydrogen) atoms. The zero-order valence-corrected chi connectivity index (χ0v) is 16.6. The van der Waals surface area contributed by atoms with E-state index < -0.39 is 5.54 Å². The molecule has 3 fully saturated rings. The Morgan fingerprint density at radius 1 is 0.893 bits per heavy atom. The highest BCUT2D eigenvalue weighted by Crippen LogP contribution is 2.30. The second-order valence-electron chi connectivity index (χ2n) is 8.04. The second kappa shape index (κ2) is 8.78. The zero-order chi connectivity index (χ0) is 19.4. The normalized spacial score (nSPS) is 24.2. The Morgan fingerprint density at radius 2 is 1.46 bits per heavy atom. The number of nitrogens with zero attached hydrogens (tertiary/aromatic N) is 3. The molecule has 1 aromatic carbocycles. The molecule has 0 aliphatic carbocycles. The van der Waals surface area contributed by atoms with E-state index in [0.717, 1.165) is 71.9 Å². The van der Waals surface area contributed by atoms with Gasteiger partial charge in [0.15, 0.2) is 0 Å². The number of primary amides is 1. The van der Waals surface area contributed by atoms with Crippen LogP contribution in [0.1, 0.15) is 18.4 Å². The fraction of sp³-hybridized carbons (Fsp3) is 0.667. The van der Waals surface area contributed by atoms with Gasteiger partial charge in [-0.15, -0.1) is 0 Å². The number of hydrogen-bond donors (Lipinski definition) is 1. The Hall–Kier alpha value is -1.67. The molecule has 0 aromatic heterocycles. The highest BCUT2D eigenvalue weighted by atomic mass is 16.5. The molecule has 0 bridgehead atoms. The number of benzene rings is 1. The fourth-order valence-electron chi connectivity index (χ4n) is 4.68. The Morgan fingerprint density at radius 3 is 2.04 bits per heavy atom. The third kappa shape index (κ3) is 4.17. The summed E-state index contributed by atoms with van der Waals surface area (Å²) in [7, 11) is 0. The minimum Gasteiger partial charge on any atom is -0.379 e. The molecule has 2 N–H and O–H groups in total. The number of anilines is 1. The zero-order valence-electron chi connectivity index (χ0n) is 16.6. The van der Waals surface area contributed by atoms with Crippen molar-refractivity contribution in [3.05, 3.63) is 29.8 Å². The highest BCUT2D eigenvalue weighted by molar-refractivity contribution is 5.84. The van der Waals surface area contributed by atoms with Crippen molar-refractivity contribution in [3.8, 4) is 0 Å². The molecule has 1 amide bonds. The van der Waals surface area contributed by atoms with Gasteiger partial charge in [-0.05, 0) is 30.5 Å². The third-order valence-corrected chi connectivity index (χ3v) is 6.48. The van der Waals surface area contributed by atoms with Crippen LogP contribution in [0.5, 0.6) is 0 Å². The molecule has 0 spiro atoms. The Kier molecular flexibility index (Phi) is 6.16. The summed E-state index contributed by atoms with van der Waals surface area (Å²) in [6, 6.07) is 8.88. The Balaban J connectivity index is 1.34. The summed E-state index contributed by atoms with van der Waals surface area (Å²) in [6.45, 7) is 9.21. The number of hydrogen-bond acceptors (Lipinski definition) is 6. The monoisotopic (exact) mass is 388 g/mol. The minimum absolute atomic E-state index is 0.177. The molecule has 1 aromatic rings. The van der Waals surface area contributed by atoms with Crippen molar-refractivity contribution < 1.29 is 14.3 Å². The summed E-state index contributed by atoms with van der Waals surface area (Å²) in [6.07, 6.45) is 1.60. The predicted molar refractivity (Wildman–Crippen MR) is 108 cm³/mol. The molecular weight excluding hydrogens is 356 g/mol. The average Bonchev–Trinajstić information content (AvgIpc) is 2.76. The van der Waals surface area contributed by atoms with Crippen LogP contribution in [0.25, 0.3) is 0 Å². The third-order valence-electron chi connectivity index (χ3n) is 6.48. The van der Waals surface area contributed by atoms with Crippen molar-refractivity contribution in [1.82, 2.24) is 9.80 Å². The van der Waals surface area contributed by atoms with E-state index in [1.54, 1.807) is 0 Å². The predicted octanol–water partition coefficient (Wildman–Crippen LogP) is 0.675. The molecule has 3 aliphatic rings. The van der Waals surface area contributed by atoms with Crippen LogP contribution in [0.4, 0.5) is 5.69 Å². The van der Waals surface area contributed by atoms with Crippen LogP contribution in [-0.4, -0.2) is 86.9 Å². The number of piperidine rings is 1. The summed E-state index contributed by atoms with van der Waals surface area (Å²) in [5, 5.41) is 0. The minimum atomic E-state index is -0.500. The lowest BCUT2D eigenvalue weighted by Crippen LogP contribution is -2.64. The maximum absolute atomic E-state index is 12.3. The first-order valence-electron chi connectivity index (χ1n) is 10.4. The van der Waals surface area contributed by atoms with E-state index in [0.29, 0.717) is 13.2 Å². The quantitative estimate of drug-likeness (QED) is 0.800. The number of morpholine rings is 2. The first-order chi connectivity index (χ1) is 13.7. The summed E-state index contributed by atoms with van der Waals surface area (Å²) in [5.74, 6) is -0.177. The lowest BCUT2D eigenvalue weighted by Gasteiger charge is -2.48. The standard InChI is InChI=1S/C21H32N4O3/c22-20(26)21(25-11-15-28-16-12-25)5-7-23(8-6-21)17-18-1-3-19(4-2-18)24-9-13-27-14-10-24/h1-4H,5-17H2,(H2,22,26). The van der Waals surface area contributed by atoms with Crippen molar-refractivity contribution in [2.75, 3.05) is 70.6 Å². The molecule has 154 valence electrons. The Bertz CT molecular complexity index is 646. The van der Waals surface area contributed by atoms with Crippen molar-refractivity contribution >= 4 is 11.6 Å². The number of rotatable bonds is 5. The van der Waals surface area contributed by atoms with E-state index in [1.165, 1.54) is 11.3 Å². The molecule has 0 unspecified atom stereocenters. The van der Waals surface area contributed by atoms with Gasteiger partial charge in [0, 0.05) is 51.5 Å². The molecule has 0 saturated carbocycles. The van der Waals surface area contributed by atoms with Crippen molar-refractivity contribution in [3.63, 3.8) is 0 Å². The van der Waals surface area contributed by atoms with Gasteiger partial charge in [0.05, 0.1) is 26.4 Å². The van der Waals surface area contributed by atoms with Crippen molar-refractivity contribution in [2.45, 2.75) is 24.9 Å². The fourth-order valence-corrected chi connectivity index (χ4v) is 4.68. The number of carbonyl (C=O) groups is 1. The Labute approximate surface area is 167 Å². The van der Waals surface area contributed by atoms with Gasteiger partial charge < -0.3 is 20.1 Å². The van der Waals surface area contributed by atoms with Crippen molar-refractivity contribution in [2.24, 2.45) is 5.73 Å². The molecule has 3 aliphatic heterocycles. The summed E-state index contributed by atoms with van der Waals surface area (Å²) in [4.78, 5) is 19.4. The number of ether oxygens (including phenoxy) is 2. The average molecular weight is 389 g/mol. The summed E-state index contributed by atoms with van der Waals surface area (Å²) >= 11 is 0. The van der Waals surface area contributed by atoms with Crippen LogP contribution < -0.4 is 10.6 Å². The molecule has 3 heterocycles. The molecule has 0 radical (unpaired) electrons. The summed E-state index contributed by atoms with van der Waals surface area (Å²) in [5.41, 5.74) is 7.95. The number of likely N-dealkylation sites (tertiary alicyclic amines) is 1. The maximum Gasteiger partial charge on any atom is 0.238 e. The van der Waals surface area contributed by atoms with E-state index in [1.807, 2.05) is 0 Å². The van der Waals surface area contributed by atoms with Gasteiger partial charge in [0.2, 0.25) is 5.91 Å². The number of nitrogens with two attached hydrogens (primary N) is 1. The molecule has 3 saturated heterocycles. The summed E-state index contributed by atoms with van der Waals surface area (Å²) < 4.78 is 10.9. The van der Waals surface area contributed by atoms with E-state index in [-0.39, 0.29) is 5.91 Å². The van der Waals surface area contributed by atoms with Crippen molar-refractivity contribution in [1.29, 1.82) is 0 Å². The van der Waals surface area contributed by atoms with Crippen LogP contribution in [0.15, 0.2) is 24.3 Å². The van der Waals surface area contributed by atoms with Crippen LogP contribution in [0, 0.1) is 0 Å². The number of carbonyl (C=O) groups excluding carboxylic acids is 1. The smallest absolute Gasteiger partial charge is 0.238 e. The van der Waals surface area contributed by atoms with Gasteiger partial charge in [0.25, 0.3) is 0 Å². The van der Waals surface area contributed by atoms with Crippen LogP contribution in [0.2, 0.25) is 0 Å². The molecule has 0 atom stereocenters. The van der Waals surface area contributed by atoms with Gasteiger partial charge in [-0.1, -0.05) is 12.1 Å². The van der Waals surface area contributed by atoms with Crippen LogP contribution in [0.3, 0.4) is 0 Å². The van der Waals surface area contributed by atoms with Gasteiger partial charge >= 0.3 is 0 Å². The van der Waals surface area contributed by atoms with Crippen LogP contribution in [-0.2, 0) is 20.8 Å². The molecule has 4 rings (SSSR count). The van der Waals surface area contributed by atoms with Gasteiger partial charge in [-0.25, -0.2) is 0 Å². The van der Waals surface area contributed by atoms with Crippen LogP contribution >= 0.6 is 0 Å².